The second kappa shape index (κ2) is 7.11. The van der Waals surface area contributed by atoms with Crippen LogP contribution in [0, 0.1) is 12.8 Å². The first-order valence-corrected chi connectivity index (χ1v) is 8.35. The number of aryl methyl sites for hydroxylation is 1. The van der Waals surface area contributed by atoms with E-state index in [0.717, 1.165) is 5.69 Å². The number of hydrogen-bond acceptors (Lipinski definition) is 3. The SMILES string of the molecule is Cc1nn(-c2ccccc2)c(Cl)c1C=CC(=O)N1CCC(C(=O)O)C1. The largest absolute Gasteiger partial charge is 0.481 e. The first-order chi connectivity index (χ1) is 12.0. The number of carbonyl (C=O) groups is 2. The quantitative estimate of drug-likeness (QED) is 0.852. The molecule has 1 aromatic carbocycles. The van der Waals surface area contributed by atoms with Crippen molar-refractivity contribution in [2.24, 2.45) is 5.92 Å². The second-order valence-corrected chi connectivity index (χ2v) is 6.34. The van der Waals surface area contributed by atoms with E-state index in [2.05, 4.69) is 5.10 Å². The van der Waals surface area contributed by atoms with Crippen LogP contribution >= 0.6 is 11.6 Å². The van der Waals surface area contributed by atoms with Crippen LogP contribution in [-0.2, 0) is 9.59 Å². The number of halogens is 1. The molecule has 6 nitrogen and oxygen atoms in total. The molecule has 0 saturated carbocycles. The van der Waals surface area contributed by atoms with E-state index < -0.39 is 11.9 Å². The number of aliphatic carboxylic acids is 1. The molecule has 3 rings (SSSR count). The van der Waals surface area contributed by atoms with E-state index in [1.807, 2.05) is 37.3 Å². The Balaban J connectivity index is 1.77. The zero-order valence-corrected chi connectivity index (χ0v) is 14.5. The molecule has 1 saturated heterocycles. The first kappa shape index (κ1) is 17.2. The molecule has 1 atom stereocenters. The summed E-state index contributed by atoms with van der Waals surface area (Å²) < 4.78 is 1.62. The second-order valence-electron chi connectivity index (χ2n) is 5.98. The Bertz CT molecular complexity index is 830. The van der Waals surface area contributed by atoms with Crippen molar-refractivity contribution in [3.05, 3.63) is 52.8 Å². The van der Waals surface area contributed by atoms with Crippen molar-refractivity contribution in [2.75, 3.05) is 13.1 Å². The lowest BCUT2D eigenvalue weighted by Crippen LogP contribution is -2.28. The molecule has 1 fully saturated rings. The Morgan fingerprint density at radius 2 is 2.04 bits per heavy atom. The predicted octanol–water partition coefficient (Wildman–Crippen LogP) is 2.78. The number of rotatable bonds is 4. The van der Waals surface area contributed by atoms with Crippen molar-refractivity contribution in [1.29, 1.82) is 0 Å². The number of nitrogens with zero attached hydrogens (tertiary/aromatic N) is 3. The van der Waals surface area contributed by atoms with Gasteiger partial charge in [-0.1, -0.05) is 29.8 Å². The standard InChI is InChI=1S/C18H18ClN3O3/c1-12-15(17(19)22(20-12)14-5-3-2-4-6-14)7-8-16(23)21-10-9-13(11-21)18(24)25/h2-8,13H,9-11H2,1H3,(H,24,25). The Morgan fingerprint density at radius 1 is 1.32 bits per heavy atom. The number of benzene rings is 1. The van der Waals surface area contributed by atoms with Gasteiger partial charge in [0.15, 0.2) is 0 Å². The van der Waals surface area contributed by atoms with Crippen molar-refractivity contribution in [1.82, 2.24) is 14.7 Å². The molecule has 7 heteroatoms. The fourth-order valence-corrected chi connectivity index (χ4v) is 3.20. The summed E-state index contributed by atoms with van der Waals surface area (Å²) >= 11 is 6.42. The highest BCUT2D eigenvalue weighted by atomic mass is 35.5. The van der Waals surface area contributed by atoms with Gasteiger partial charge in [-0.15, -0.1) is 0 Å². The Labute approximate surface area is 150 Å². The molecule has 2 heterocycles. The zero-order valence-electron chi connectivity index (χ0n) is 13.7. The highest BCUT2D eigenvalue weighted by Gasteiger charge is 2.29. The monoisotopic (exact) mass is 359 g/mol. The van der Waals surface area contributed by atoms with Gasteiger partial charge in [-0.3, -0.25) is 9.59 Å². The van der Waals surface area contributed by atoms with E-state index in [9.17, 15) is 9.59 Å². The number of amides is 1. The summed E-state index contributed by atoms with van der Waals surface area (Å²) in [6, 6.07) is 9.50. The topological polar surface area (TPSA) is 75.4 Å². The van der Waals surface area contributed by atoms with Crippen molar-refractivity contribution >= 4 is 29.6 Å². The third-order valence-electron chi connectivity index (χ3n) is 4.29. The van der Waals surface area contributed by atoms with Crippen molar-refractivity contribution in [3.8, 4) is 5.69 Å². The minimum atomic E-state index is -0.859. The van der Waals surface area contributed by atoms with Gasteiger partial charge in [0.2, 0.25) is 5.91 Å². The third kappa shape index (κ3) is 3.58. The van der Waals surface area contributed by atoms with Crippen LogP contribution in [0.2, 0.25) is 5.15 Å². The van der Waals surface area contributed by atoms with E-state index in [4.69, 9.17) is 16.7 Å². The molecule has 2 aromatic rings. The van der Waals surface area contributed by atoms with Crippen LogP contribution in [0.25, 0.3) is 11.8 Å². The summed E-state index contributed by atoms with van der Waals surface area (Å²) in [7, 11) is 0. The highest BCUT2D eigenvalue weighted by molar-refractivity contribution is 6.31. The fourth-order valence-electron chi connectivity index (χ4n) is 2.86. The zero-order chi connectivity index (χ0) is 18.0. The molecular formula is C18H18ClN3O3. The molecule has 0 bridgehead atoms. The summed E-state index contributed by atoms with van der Waals surface area (Å²) in [6.45, 7) is 2.52. The molecule has 1 N–H and O–H groups in total. The van der Waals surface area contributed by atoms with Crippen LogP contribution in [0.3, 0.4) is 0 Å². The molecule has 1 aliphatic rings. The van der Waals surface area contributed by atoms with Gasteiger partial charge in [0, 0.05) is 24.7 Å². The van der Waals surface area contributed by atoms with Crippen molar-refractivity contribution < 1.29 is 14.7 Å². The van der Waals surface area contributed by atoms with Crippen LogP contribution in [0.15, 0.2) is 36.4 Å². The van der Waals surface area contributed by atoms with E-state index in [1.165, 1.54) is 6.08 Å². The number of hydrogen-bond donors (Lipinski definition) is 1. The van der Waals surface area contributed by atoms with Crippen LogP contribution in [-0.4, -0.2) is 44.8 Å². The van der Waals surface area contributed by atoms with Gasteiger partial charge in [-0.05, 0) is 31.6 Å². The summed E-state index contributed by atoms with van der Waals surface area (Å²) in [4.78, 5) is 24.8. The van der Waals surface area contributed by atoms with Crippen LogP contribution in [0.5, 0.6) is 0 Å². The third-order valence-corrected chi connectivity index (χ3v) is 4.65. The van der Waals surface area contributed by atoms with Crippen molar-refractivity contribution in [3.63, 3.8) is 0 Å². The van der Waals surface area contributed by atoms with Gasteiger partial charge < -0.3 is 10.0 Å². The van der Waals surface area contributed by atoms with E-state index in [0.29, 0.717) is 29.4 Å². The summed E-state index contributed by atoms with van der Waals surface area (Å²) in [5, 5.41) is 13.9. The Morgan fingerprint density at radius 3 is 2.68 bits per heavy atom. The number of carboxylic acids is 1. The first-order valence-electron chi connectivity index (χ1n) is 7.97. The van der Waals surface area contributed by atoms with Gasteiger partial charge in [0.25, 0.3) is 0 Å². The number of likely N-dealkylation sites (tertiary alicyclic amines) is 1. The molecule has 1 aromatic heterocycles. The van der Waals surface area contributed by atoms with Gasteiger partial charge in [-0.2, -0.15) is 5.10 Å². The number of carbonyl (C=O) groups excluding carboxylic acids is 1. The molecular weight excluding hydrogens is 342 g/mol. The molecule has 130 valence electrons. The van der Waals surface area contributed by atoms with E-state index in [-0.39, 0.29) is 12.5 Å². The maximum absolute atomic E-state index is 12.3. The summed E-state index contributed by atoms with van der Waals surface area (Å²) in [5.74, 6) is -1.56. The summed E-state index contributed by atoms with van der Waals surface area (Å²) in [5.41, 5.74) is 2.22. The highest BCUT2D eigenvalue weighted by Crippen LogP contribution is 2.25. The van der Waals surface area contributed by atoms with Crippen LogP contribution < -0.4 is 0 Å². The van der Waals surface area contributed by atoms with Gasteiger partial charge >= 0.3 is 5.97 Å². The lowest BCUT2D eigenvalue weighted by molar-refractivity contribution is -0.141. The normalized spacial score (nSPS) is 17.4. The lowest BCUT2D eigenvalue weighted by atomic mass is 10.1. The Hall–Kier alpha value is -2.60. The molecule has 0 spiro atoms. The molecule has 1 amide bonds. The number of para-hydroxylation sites is 1. The van der Waals surface area contributed by atoms with E-state index in [1.54, 1.807) is 15.7 Å². The van der Waals surface area contributed by atoms with Gasteiger partial charge in [0.05, 0.1) is 17.3 Å². The van der Waals surface area contributed by atoms with Gasteiger partial charge in [-0.25, -0.2) is 4.68 Å². The number of carboxylic acid groups (broad SMARTS) is 1. The maximum Gasteiger partial charge on any atom is 0.308 e. The van der Waals surface area contributed by atoms with E-state index >= 15 is 0 Å². The molecule has 0 aliphatic carbocycles. The summed E-state index contributed by atoms with van der Waals surface area (Å²) in [6.07, 6.45) is 3.55. The minimum Gasteiger partial charge on any atom is -0.481 e. The fraction of sp³-hybridized carbons (Fsp3) is 0.278. The molecule has 0 radical (unpaired) electrons. The predicted molar refractivity (Wildman–Crippen MR) is 94.7 cm³/mol. The smallest absolute Gasteiger partial charge is 0.308 e. The molecule has 1 unspecified atom stereocenters. The molecule has 25 heavy (non-hydrogen) atoms. The maximum atomic E-state index is 12.3. The van der Waals surface area contributed by atoms with Crippen LogP contribution in [0.1, 0.15) is 17.7 Å². The average Bonchev–Trinajstić information content (AvgIpc) is 3.20. The lowest BCUT2D eigenvalue weighted by Gasteiger charge is -2.12. The average molecular weight is 360 g/mol. The van der Waals surface area contributed by atoms with Crippen LogP contribution in [0.4, 0.5) is 0 Å². The molecule has 1 aliphatic heterocycles. The van der Waals surface area contributed by atoms with Gasteiger partial charge in [0.1, 0.15) is 5.15 Å². The Kier molecular flexibility index (Phi) is 4.90. The van der Waals surface area contributed by atoms with Crippen molar-refractivity contribution in [2.45, 2.75) is 13.3 Å². The minimum absolute atomic E-state index is 0.216. The number of aromatic nitrogens is 2.